The molecule has 1 aromatic carbocycles. The largest absolute Gasteiger partial charge is 0.493 e. The monoisotopic (exact) mass is 177 g/mol. The molecule has 0 spiro atoms. The number of aryl methyl sites for hydroxylation is 1. The van der Waals surface area contributed by atoms with Gasteiger partial charge in [0.2, 0.25) is 0 Å². The Kier molecular flexibility index (Phi) is 1.93. The van der Waals surface area contributed by atoms with Crippen LogP contribution in [0.25, 0.3) is 11.1 Å². The van der Waals surface area contributed by atoms with Crippen LogP contribution in [0.15, 0.2) is 22.6 Å². The van der Waals surface area contributed by atoms with Crippen molar-refractivity contribution in [1.29, 1.82) is 0 Å². The quantitative estimate of drug-likeness (QED) is 0.706. The van der Waals surface area contributed by atoms with E-state index in [1.807, 2.05) is 25.1 Å². The van der Waals surface area contributed by atoms with Gasteiger partial charge in [0.25, 0.3) is 0 Å². The highest BCUT2D eigenvalue weighted by Crippen LogP contribution is 2.25. The van der Waals surface area contributed by atoms with E-state index in [-0.39, 0.29) is 0 Å². The molecule has 0 unspecified atom stereocenters. The van der Waals surface area contributed by atoms with Gasteiger partial charge >= 0.3 is 0 Å². The number of para-hydroxylation sites is 1. The fraction of sp³-hybridized carbons (Fsp3) is 0.300. The summed E-state index contributed by atoms with van der Waals surface area (Å²) in [4.78, 5) is 4.29. The van der Waals surface area contributed by atoms with Crippen molar-refractivity contribution in [1.82, 2.24) is 4.98 Å². The van der Waals surface area contributed by atoms with Crippen LogP contribution in [0.5, 0.6) is 5.75 Å². The van der Waals surface area contributed by atoms with Crippen molar-refractivity contribution in [3.8, 4) is 5.75 Å². The Labute approximate surface area is 76.3 Å². The van der Waals surface area contributed by atoms with Gasteiger partial charge in [-0.15, -0.1) is 0 Å². The van der Waals surface area contributed by atoms with Gasteiger partial charge in [-0.3, -0.25) is 0 Å². The Balaban J connectivity index is 2.67. The van der Waals surface area contributed by atoms with Crippen molar-refractivity contribution < 1.29 is 9.15 Å². The van der Waals surface area contributed by atoms with Crippen LogP contribution < -0.4 is 4.74 Å². The molecular formula is C10H11NO2. The van der Waals surface area contributed by atoms with Crippen LogP contribution in [0.2, 0.25) is 0 Å². The predicted molar refractivity (Wildman–Crippen MR) is 49.9 cm³/mol. The summed E-state index contributed by atoms with van der Waals surface area (Å²) in [6.07, 6.45) is 0.803. The molecule has 0 saturated heterocycles. The fourth-order valence-corrected chi connectivity index (χ4v) is 1.28. The summed E-state index contributed by atoms with van der Waals surface area (Å²) in [5.74, 6) is 1.49. The number of hydrogen-bond donors (Lipinski definition) is 0. The molecule has 3 nitrogen and oxygen atoms in total. The molecule has 3 heteroatoms. The molecule has 0 radical (unpaired) electrons. The van der Waals surface area contributed by atoms with Crippen molar-refractivity contribution in [3.63, 3.8) is 0 Å². The van der Waals surface area contributed by atoms with Gasteiger partial charge in [0, 0.05) is 6.42 Å². The maximum atomic E-state index is 5.50. The van der Waals surface area contributed by atoms with E-state index in [1.54, 1.807) is 7.11 Å². The predicted octanol–water partition coefficient (Wildman–Crippen LogP) is 2.40. The Morgan fingerprint density at radius 2 is 2.31 bits per heavy atom. The van der Waals surface area contributed by atoms with E-state index in [4.69, 9.17) is 9.15 Å². The minimum Gasteiger partial charge on any atom is -0.493 e. The third-order valence-electron chi connectivity index (χ3n) is 1.95. The molecule has 1 aromatic heterocycles. The maximum absolute atomic E-state index is 5.50. The van der Waals surface area contributed by atoms with Gasteiger partial charge in [0.15, 0.2) is 17.2 Å². The second kappa shape index (κ2) is 3.09. The lowest BCUT2D eigenvalue weighted by atomic mass is 10.3. The van der Waals surface area contributed by atoms with Crippen LogP contribution in [0.3, 0.4) is 0 Å². The van der Waals surface area contributed by atoms with E-state index >= 15 is 0 Å². The van der Waals surface area contributed by atoms with Crippen LogP contribution in [0.4, 0.5) is 0 Å². The Bertz CT molecular complexity index is 420. The molecular weight excluding hydrogens is 166 g/mol. The highest BCUT2D eigenvalue weighted by Gasteiger charge is 2.07. The van der Waals surface area contributed by atoms with Crippen LogP contribution in [0, 0.1) is 0 Å². The molecule has 0 saturated carbocycles. The summed E-state index contributed by atoms with van der Waals surface area (Å²) in [5, 5.41) is 0. The van der Waals surface area contributed by atoms with Crippen molar-refractivity contribution in [2.45, 2.75) is 13.3 Å². The molecule has 13 heavy (non-hydrogen) atoms. The number of ether oxygens (including phenoxy) is 1. The van der Waals surface area contributed by atoms with E-state index in [2.05, 4.69) is 4.98 Å². The Morgan fingerprint density at radius 1 is 1.46 bits per heavy atom. The lowest BCUT2D eigenvalue weighted by Crippen LogP contribution is -1.81. The van der Waals surface area contributed by atoms with E-state index in [0.29, 0.717) is 0 Å². The zero-order chi connectivity index (χ0) is 9.26. The molecule has 0 bridgehead atoms. The highest BCUT2D eigenvalue weighted by atomic mass is 16.5. The molecule has 0 atom stereocenters. The van der Waals surface area contributed by atoms with Crippen LogP contribution in [-0.2, 0) is 6.42 Å². The first-order valence-electron chi connectivity index (χ1n) is 4.27. The topological polar surface area (TPSA) is 35.3 Å². The first-order valence-corrected chi connectivity index (χ1v) is 4.27. The minimum atomic E-state index is 0.738. The SMILES string of the molecule is CCc1nc2cccc(OC)c2o1. The molecule has 0 aliphatic heterocycles. The molecule has 0 aliphatic rings. The number of benzene rings is 1. The average molecular weight is 177 g/mol. The van der Waals surface area contributed by atoms with Gasteiger partial charge < -0.3 is 9.15 Å². The van der Waals surface area contributed by atoms with Gasteiger partial charge in [-0.1, -0.05) is 13.0 Å². The smallest absolute Gasteiger partial charge is 0.196 e. The zero-order valence-corrected chi connectivity index (χ0v) is 7.70. The third kappa shape index (κ3) is 1.26. The van der Waals surface area contributed by atoms with Crippen molar-refractivity contribution in [3.05, 3.63) is 24.1 Å². The first-order chi connectivity index (χ1) is 6.35. The number of fused-ring (bicyclic) bond motifs is 1. The molecule has 0 aliphatic carbocycles. The number of hydrogen-bond acceptors (Lipinski definition) is 3. The number of nitrogens with zero attached hydrogens (tertiary/aromatic N) is 1. The number of methoxy groups -OCH3 is 1. The van der Waals surface area contributed by atoms with Crippen LogP contribution >= 0.6 is 0 Å². The van der Waals surface area contributed by atoms with Gasteiger partial charge in [0.1, 0.15) is 5.52 Å². The van der Waals surface area contributed by atoms with Crippen molar-refractivity contribution >= 4 is 11.1 Å². The summed E-state index contributed by atoms with van der Waals surface area (Å²) in [5.41, 5.74) is 1.60. The second-order valence-electron chi connectivity index (χ2n) is 2.77. The summed E-state index contributed by atoms with van der Waals surface area (Å²) in [7, 11) is 1.63. The van der Waals surface area contributed by atoms with Gasteiger partial charge in [-0.2, -0.15) is 0 Å². The molecule has 0 fully saturated rings. The molecule has 2 aromatic rings. The Hall–Kier alpha value is -1.51. The van der Waals surface area contributed by atoms with Gasteiger partial charge in [-0.25, -0.2) is 4.98 Å². The number of aromatic nitrogens is 1. The summed E-state index contributed by atoms with van der Waals surface area (Å²) in [6.45, 7) is 2.01. The zero-order valence-electron chi connectivity index (χ0n) is 7.70. The van der Waals surface area contributed by atoms with E-state index < -0.39 is 0 Å². The maximum Gasteiger partial charge on any atom is 0.196 e. The van der Waals surface area contributed by atoms with E-state index in [1.165, 1.54) is 0 Å². The molecule has 0 N–H and O–H groups in total. The third-order valence-corrected chi connectivity index (χ3v) is 1.95. The van der Waals surface area contributed by atoms with Crippen molar-refractivity contribution in [2.75, 3.05) is 7.11 Å². The minimum absolute atomic E-state index is 0.738. The number of oxazole rings is 1. The van der Waals surface area contributed by atoms with Gasteiger partial charge in [0.05, 0.1) is 7.11 Å². The molecule has 2 rings (SSSR count). The number of rotatable bonds is 2. The second-order valence-corrected chi connectivity index (χ2v) is 2.77. The average Bonchev–Trinajstić information content (AvgIpc) is 2.59. The van der Waals surface area contributed by atoms with Crippen molar-refractivity contribution in [2.24, 2.45) is 0 Å². The summed E-state index contributed by atoms with van der Waals surface area (Å²) < 4.78 is 10.7. The normalized spacial score (nSPS) is 10.6. The first kappa shape index (κ1) is 8.10. The van der Waals surface area contributed by atoms with E-state index in [0.717, 1.165) is 29.2 Å². The van der Waals surface area contributed by atoms with Gasteiger partial charge in [-0.05, 0) is 12.1 Å². The van der Waals surface area contributed by atoms with Crippen LogP contribution in [-0.4, -0.2) is 12.1 Å². The fourth-order valence-electron chi connectivity index (χ4n) is 1.28. The highest BCUT2D eigenvalue weighted by molar-refractivity contribution is 5.79. The molecule has 1 heterocycles. The molecule has 0 amide bonds. The lowest BCUT2D eigenvalue weighted by Gasteiger charge is -1.97. The van der Waals surface area contributed by atoms with Crippen LogP contribution in [0.1, 0.15) is 12.8 Å². The lowest BCUT2D eigenvalue weighted by molar-refractivity contribution is 0.407. The summed E-state index contributed by atoms with van der Waals surface area (Å²) >= 11 is 0. The summed E-state index contributed by atoms with van der Waals surface area (Å²) in [6, 6.07) is 5.69. The molecule has 68 valence electrons. The Morgan fingerprint density at radius 3 is 3.00 bits per heavy atom. The van der Waals surface area contributed by atoms with E-state index in [9.17, 15) is 0 Å². The standard InChI is InChI=1S/C10H11NO2/c1-3-9-11-7-5-4-6-8(12-2)10(7)13-9/h4-6H,3H2,1-2H3.